The summed E-state index contributed by atoms with van der Waals surface area (Å²) in [5, 5.41) is 0. The first-order valence-electron chi connectivity index (χ1n) is 19.9. The minimum atomic E-state index is 1.22. The molecule has 0 unspecified atom stereocenters. The van der Waals surface area contributed by atoms with Crippen LogP contribution in [0.5, 0.6) is 0 Å². The Morgan fingerprint density at radius 2 is 0.738 bits per heavy atom. The quantitative estimate of drug-likeness (QED) is 0.0560. The third-order valence-electron chi connectivity index (χ3n) is 9.60. The second kappa shape index (κ2) is 31.6. The topological polar surface area (TPSA) is 8.81 Å². The highest BCUT2D eigenvalue weighted by molar-refractivity contribution is 4.84. The molecule has 0 N–H and O–H groups in total. The van der Waals surface area contributed by atoms with Gasteiger partial charge in [-0.3, -0.25) is 0 Å². The van der Waals surface area contributed by atoms with Crippen molar-refractivity contribution >= 4 is 0 Å². The van der Waals surface area contributed by atoms with E-state index in [0.717, 1.165) is 0 Å². The number of hydrogen-bond donors (Lipinski definition) is 0. The molecule has 0 fully saturated rings. The Morgan fingerprint density at radius 1 is 0.405 bits per heavy atom. The summed E-state index contributed by atoms with van der Waals surface area (Å²) >= 11 is 0. The van der Waals surface area contributed by atoms with E-state index < -0.39 is 0 Å². The van der Waals surface area contributed by atoms with Gasteiger partial charge < -0.3 is 0 Å². The fourth-order valence-corrected chi connectivity index (χ4v) is 6.68. The van der Waals surface area contributed by atoms with Crippen LogP contribution in [0.3, 0.4) is 0 Å². The lowest BCUT2D eigenvalue weighted by atomic mass is 10.0. The largest absolute Gasteiger partial charge is 0.256 e. The molecule has 0 bridgehead atoms. The molecule has 0 aliphatic heterocycles. The first-order valence-corrected chi connectivity index (χ1v) is 19.9. The maximum atomic E-state index is 2.62. The molecular formula is C40H79N2+. The van der Waals surface area contributed by atoms with Crippen LogP contribution in [0, 0.1) is 0 Å². The molecule has 0 aliphatic carbocycles. The van der Waals surface area contributed by atoms with E-state index in [-0.39, 0.29) is 0 Å². The van der Waals surface area contributed by atoms with Crippen molar-refractivity contribution in [2.45, 2.75) is 239 Å². The second-order valence-electron chi connectivity index (χ2n) is 13.8. The van der Waals surface area contributed by atoms with Gasteiger partial charge in [0.15, 0.2) is 0 Å². The summed E-state index contributed by atoms with van der Waals surface area (Å²) in [6.45, 7) is 9.38. The smallest absolute Gasteiger partial charge is 0.234 e. The van der Waals surface area contributed by atoms with Crippen molar-refractivity contribution in [3.05, 3.63) is 18.2 Å². The zero-order valence-corrected chi connectivity index (χ0v) is 29.6. The van der Waals surface area contributed by atoms with Crippen LogP contribution in [0.25, 0.3) is 0 Å². The van der Waals surface area contributed by atoms with Gasteiger partial charge in [0.1, 0.15) is 12.4 Å². The minimum absolute atomic E-state index is 1.22. The average molecular weight is 588 g/mol. The van der Waals surface area contributed by atoms with Gasteiger partial charge in [-0.05, 0) is 32.1 Å². The van der Waals surface area contributed by atoms with Crippen molar-refractivity contribution in [1.82, 2.24) is 4.57 Å². The third kappa shape index (κ3) is 23.6. The molecule has 0 radical (unpaired) electrons. The number of aromatic nitrogens is 2. The van der Waals surface area contributed by atoms with Gasteiger partial charge in [0.05, 0.1) is 13.1 Å². The van der Waals surface area contributed by atoms with Gasteiger partial charge >= 0.3 is 0 Å². The number of nitrogens with zero attached hydrogens (tertiary/aromatic N) is 2. The van der Waals surface area contributed by atoms with Gasteiger partial charge in [-0.2, -0.15) is 0 Å². The zero-order chi connectivity index (χ0) is 30.2. The van der Waals surface area contributed by atoms with Crippen molar-refractivity contribution in [3.8, 4) is 0 Å². The maximum Gasteiger partial charge on any atom is 0.256 e. The van der Waals surface area contributed by atoms with Gasteiger partial charge in [0.2, 0.25) is 0 Å². The predicted molar refractivity (Wildman–Crippen MR) is 188 cm³/mol. The summed E-state index contributed by atoms with van der Waals surface area (Å²) in [5.74, 6) is 1.61. The lowest BCUT2D eigenvalue weighted by Crippen LogP contribution is -2.37. The lowest BCUT2D eigenvalue weighted by Gasteiger charge is -2.07. The molecule has 0 spiro atoms. The van der Waals surface area contributed by atoms with Crippen molar-refractivity contribution in [2.24, 2.45) is 0 Å². The summed E-state index contributed by atoms with van der Waals surface area (Å²) in [4.78, 5) is 0. The highest BCUT2D eigenvalue weighted by Crippen LogP contribution is 2.15. The van der Waals surface area contributed by atoms with Crippen LogP contribution in [0.1, 0.15) is 226 Å². The number of unbranched alkanes of at least 4 members (excludes halogenated alkanes) is 28. The van der Waals surface area contributed by atoms with E-state index in [2.05, 4.69) is 42.3 Å². The monoisotopic (exact) mass is 588 g/mol. The van der Waals surface area contributed by atoms with Crippen LogP contribution >= 0.6 is 0 Å². The Hall–Kier alpha value is -0.790. The molecule has 0 amide bonds. The van der Waals surface area contributed by atoms with Crippen molar-refractivity contribution < 1.29 is 4.57 Å². The standard InChI is InChI=1S/C40H79N2/c1-4-7-10-12-14-16-18-20-21-22-24-26-28-30-32-35-40-41(36-33-9-6-3)38-39-42(40)37-34-31-29-27-25-23-19-17-15-13-11-8-5-2/h38-39H,4-37H2,1-3H3/q+1. The predicted octanol–water partition coefficient (Wildman–Crippen LogP) is 13.5. The molecule has 1 heterocycles. The molecule has 0 atom stereocenters. The number of hydrogen-bond acceptors (Lipinski definition) is 0. The SMILES string of the molecule is CCCCCCCCCCCCCCCCCc1n(CCCCC)cc[n+]1CCCCCCCCCCCCCCC. The van der Waals surface area contributed by atoms with E-state index in [1.165, 1.54) is 219 Å². The number of rotatable bonds is 34. The molecule has 1 rings (SSSR count). The van der Waals surface area contributed by atoms with Crippen LogP contribution in [-0.2, 0) is 19.5 Å². The summed E-state index contributed by atoms with van der Waals surface area (Å²) < 4.78 is 5.22. The molecule has 2 heteroatoms. The van der Waals surface area contributed by atoms with E-state index in [1.54, 1.807) is 5.82 Å². The summed E-state index contributed by atoms with van der Waals surface area (Å²) in [6, 6.07) is 0. The molecule has 42 heavy (non-hydrogen) atoms. The van der Waals surface area contributed by atoms with E-state index in [9.17, 15) is 0 Å². The number of aryl methyl sites for hydroxylation is 2. The Morgan fingerprint density at radius 3 is 1.14 bits per heavy atom. The Labute approximate surface area is 266 Å². The van der Waals surface area contributed by atoms with E-state index in [0.29, 0.717) is 0 Å². The molecule has 0 saturated carbocycles. The van der Waals surface area contributed by atoms with E-state index in [4.69, 9.17) is 0 Å². The van der Waals surface area contributed by atoms with Gasteiger partial charge in [0.25, 0.3) is 5.82 Å². The van der Waals surface area contributed by atoms with Crippen LogP contribution < -0.4 is 4.57 Å². The molecular weight excluding hydrogens is 508 g/mol. The van der Waals surface area contributed by atoms with Crippen molar-refractivity contribution in [2.75, 3.05) is 0 Å². The Bertz CT molecular complexity index is 648. The van der Waals surface area contributed by atoms with Gasteiger partial charge in [-0.25, -0.2) is 9.13 Å². The summed E-state index contributed by atoms with van der Waals surface area (Å²) in [6.07, 6.45) is 50.5. The molecule has 2 nitrogen and oxygen atoms in total. The normalized spacial score (nSPS) is 11.6. The first kappa shape index (κ1) is 39.2. The summed E-state index contributed by atoms with van der Waals surface area (Å²) in [7, 11) is 0. The summed E-state index contributed by atoms with van der Waals surface area (Å²) in [5.41, 5.74) is 0. The Balaban J connectivity index is 2.13. The fourth-order valence-electron chi connectivity index (χ4n) is 6.68. The lowest BCUT2D eigenvalue weighted by molar-refractivity contribution is -0.704. The molecule has 248 valence electrons. The number of imidazole rings is 1. The van der Waals surface area contributed by atoms with Crippen LogP contribution in [-0.4, -0.2) is 4.57 Å². The van der Waals surface area contributed by atoms with Crippen molar-refractivity contribution in [3.63, 3.8) is 0 Å². The minimum Gasteiger partial charge on any atom is -0.234 e. The second-order valence-corrected chi connectivity index (χ2v) is 13.8. The van der Waals surface area contributed by atoms with Crippen LogP contribution in [0.15, 0.2) is 12.4 Å². The van der Waals surface area contributed by atoms with Gasteiger partial charge in [-0.15, -0.1) is 0 Å². The van der Waals surface area contributed by atoms with Gasteiger partial charge in [-0.1, -0.05) is 188 Å². The van der Waals surface area contributed by atoms with Crippen molar-refractivity contribution in [1.29, 1.82) is 0 Å². The molecule has 0 aromatic carbocycles. The molecule has 1 aromatic heterocycles. The highest BCUT2D eigenvalue weighted by atomic mass is 15.1. The fraction of sp³-hybridized carbons (Fsp3) is 0.925. The molecule has 0 aliphatic rings. The Kier molecular flexibility index (Phi) is 29.5. The average Bonchev–Trinajstić information content (AvgIpc) is 3.38. The van der Waals surface area contributed by atoms with E-state index >= 15 is 0 Å². The zero-order valence-electron chi connectivity index (χ0n) is 29.6. The molecule has 1 aromatic rings. The molecule has 0 saturated heterocycles. The highest BCUT2D eigenvalue weighted by Gasteiger charge is 2.16. The maximum absolute atomic E-state index is 2.62. The third-order valence-corrected chi connectivity index (χ3v) is 9.60. The van der Waals surface area contributed by atoms with E-state index in [1.807, 2.05) is 0 Å². The van der Waals surface area contributed by atoms with Crippen LogP contribution in [0.2, 0.25) is 0 Å². The van der Waals surface area contributed by atoms with Gasteiger partial charge in [0, 0.05) is 6.42 Å². The first-order chi connectivity index (χ1) is 20.8. The van der Waals surface area contributed by atoms with Crippen LogP contribution in [0.4, 0.5) is 0 Å².